The summed E-state index contributed by atoms with van der Waals surface area (Å²) in [4.78, 5) is 29.6. The molecule has 1 aromatic heterocycles. The van der Waals surface area contributed by atoms with Gasteiger partial charge in [0.15, 0.2) is 5.82 Å². The average Bonchev–Trinajstić information content (AvgIpc) is 3.34. The number of aliphatic hydroxyl groups excluding tert-OH is 1. The summed E-state index contributed by atoms with van der Waals surface area (Å²) in [5.41, 5.74) is 0. The van der Waals surface area contributed by atoms with Crippen molar-refractivity contribution in [2.45, 2.75) is 63.3 Å². The topological polar surface area (TPSA) is 104 Å². The van der Waals surface area contributed by atoms with Crippen LogP contribution in [0.5, 0.6) is 0 Å². The third kappa shape index (κ3) is 3.10. The van der Waals surface area contributed by atoms with Crippen molar-refractivity contribution in [1.29, 1.82) is 0 Å². The lowest BCUT2D eigenvalue weighted by molar-refractivity contribution is -0.146. The lowest BCUT2D eigenvalue weighted by atomic mass is 9.81. The summed E-state index contributed by atoms with van der Waals surface area (Å²) < 4.78 is 1.94. The standard InChI is InChI=1S/C19H28N6O3/c26-14-9-12(10-14)19(28)24-6-5-23-7-8-25-16(15(23)11-24)21-22-17(25)18(27)20-13-3-1-2-4-13/h12-15,26H,1-11H2,(H,20,27)/t12?,14?,15-/m0/s1. The minimum atomic E-state index is -0.325. The van der Waals surface area contributed by atoms with Gasteiger partial charge in [-0.2, -0.15) is 0 Å². The first-order valence-electron chi connectivity index (χ1n) is 10.5. The lowest BCUT2D eigenvalue weighted by Gasteiger charge is -2.45. The molecule has 4 aliphatic rings. The Kier molecular flexibility index (Phi) is 4.59. The van der Waals surface area contributed by atoms with Crippen molar-refractivity contribution in [3.8, 4) is 0 Å². The largest absolute Gasteiger partial charge is 0.393 e. The number of aromatic nitrogens is 3. The zero-order valence-electron chi connectivity index (χ0n) is 16.1. The molecule has 0 radical (unpaired) electrons. The molecule has 5 rings (SSSR count). The van der Waals surface area contributed by atoms with Crippen molar-refractivity contribution in [1.82, 2.24) is 29.9 Å². The molecule has 2 amide bonds. The van der Waals surface area contributed by atoms with Gasteiger partial charge in [0.05, 0.1) is 12.1 Å². The first-order valence-corrected chi connectivity index (χ1v) is 10.5. The summed E-state index contributed by atoms with van der Waals surface area (Å²) in [6.45, 7) is 3.64. The highest BCUT2D eigenvalue weighted by Crippen LogP contribution is 2.33. The number of nitrogens with one attached hydrogen (secondary N) is 1. The normalized spacial score (nSPS) is 30.5. The summed E-state index contributed by atoms with van der Waals surface area (Å²) >= 11 is 0. The van der Waals surface area contributed by atoms with Crippen molar-refractivity contribution in [3.05, 3.63) is 11.6 Å². The van der Waals surface area contributed by atoms with Crippen molar-refractivity contribution >= 4 is 11.8 Å². The van der Waals surface area contributed by atoms with E-state index in [1.165, 1.54) is 12.8 Å². The fourth-order valence-corrected chi connectivity index (χ4v) is 5.08. The van der Waals surface area contributed by atoms with Crippen LogP contribution in [0.2, 0.25) is 0 Å². The van der Waals surface area contributed by atoms with E-state index in [0.29, 0.717) is 38.3 Å². The summed E-state index contributed by atoms with van der Waals surface area (Å²) in [5.74, 6) is 1.14. The zero-order chi connectivity index (χ0) is 19.3. The second-order valence-electron chi connectivity index (χ2n) is 8.65. The molecule has 9 nitrogen and oxygen atoms in total. The van der Waals surface area contributed by atoms with Crippen LogP contribution in [0.25, 0.3) is 0 Å². The number of hydrogen-bond acceptors (Lipinski definition) is 6. The summed E-state index contributed by atoms with van der Waals surface area (Å²) in [7, 11) is 0. The highest BCUT2D eigenvalue weighted by atomic mass is 16.3. The summed E-state index contributed by atoms with van der Waals surface area (Å²) in [6.07, 6.45) is 5.24. The number of hydrogen-bond donors (Lipinski definition) is 2. The van der Waals surface area contributed by atoms with Gasteiger partial charge in [-0.3, -0.25) is 14.5 Å². The number of aliphatic hydroxyl groups is 1. The Labute approximate surface area is 164 Å². The maximum Gasteiger partial charge on any atom is 0.289 e. The molecule has 28 heavy (non-hydrogen) atoms. The fourth-order valence-electron chi connectivity index (χ4n) is 5.08. The summed E-state index contributed by atoms with van der Waals surface area (Å²) in [6, 6.07) is 0.234. The molecule has 3 fully saturated rings. The Hall–Kier alpha value is -2.00. The van der Waals surface area contributed by atoms with Crippen molar-refractivity contribution in [3.63, 3.8) is 0 Å². The molecule has 0 unspecified atom stereocenters. The van der Waals surface area contributed by atoms with Gasteiger partial charge in [0, 0.05) is 44.7 Å². The number of piperazine rings is 1. The first-order chi connectivity index (χ1) is 13.6. The summed E-state index contributed by atoms with van der Waals surface area (Å²) in [5, 5.41) is 21.2. The Bertz CT molecular complexity index is 768. The molecule has 2 N–H and O–H groups in total. The van der Waals surface area contributed by atoms with Gasteiger partial charge in [0.25, 0.3) is 5.91 Å². The molecule has 2 aliphatic carbocycles. The molecular weight excluding hydrogens is 360 g/mol. The number of carbonyl (C=O) groups is 2. The Morgan fingerprint density at radius 1 is 1.04 bits per heavy atom. The van der Waals surface area contributed by atoms with Crippen LogP contribution in [0, 0.1) is 5.92 Å². The number of nitrogens with zero attached hydrogens (tertiary/aromatic N) is 5. The molecule has 2 saturated carbocycles. The van der Waals surface area contributed by atoms with E-state index in [1.54, 1.807) is 0 Å². The number of amides is 2. The van der Waals surface area contributed by atoms with Crippen LogP contribution in [0.1, 0.15) is 61.0 Å². The van der Waals surface area contributed by atoms with Crippen LogP contribution < -0.4 is 5.32 Å². The van der Waals surface area contributed by atoms with E-state index >= 15 is 0 Å². The molecule has 2 aliphatic heterocycles. The lowest BCUT2D eigenvalue weighted by Crippen LogP contribution is -2.56. The highest BCUT2D eigenvalue weighted by molar-refractivity contribution is 5.91. The van der Waals surface area contributed by atoms with Gasteiger partial charge in [-0.15, -0.1) is 10.2 Å². The SMILES string of the molecule is O=C(NC1CCCC1)c1nnc2n1CCN1CCN(C(=O)C3CC(O)C3)C[C@@H]21. The molecule has 0 bridgehead atoms. The molecular formula is C19H28N6O3. The van der Waals surface area contributed by atoms with Crippen molar-refractivity contribution < 1.29 is 14.7 Å². The molecule has 1 saturated heterocycles. The highest BCUT2D eigenvalue weighted by Gasteiger charge is 2.41. The quantitative estimate of drug-likeness (QED) is 0.751. The molecule has 0 spiro atoms. The number of rotatable bonds is 3. The van der Waals surface area contributed by atoms with Gasteiger partial charge in [0.2, 0.25) is 11.7 Å². The van der Waals surface area contributed by atoms with Gasteiger partial charge in [-0.1, -0.05) is 12.8 Å². The van der Waals surface area contributed by atoms with E-state index in [1.807, 2.05) is 9.47 Å². The Morgan fingerprint density at radius 3 is 2.54 bits per heavy atom. The van der Waals surface area contributed by atoms with Crippen molar-refractivity contribution in [2.75, 3.05) is 26.2 Å². The smallest absolute Gasteiger partial charge is 0.289 e. The van der Waals surface area contributed by atoms with E-state index in [9.17, 15) is 14.7 Å². The van der Waals surface area contributed by atoms with E-state index in [2.05, 4.69) is 20.4 Å². The van der Waals surface area contributed by atoms with Gasteiger partial charge in [-0.05, 0) is 25.7 Å². The van der Waals surface area contributed by atoms with Crippen LogP contribution in [-0.4, -0.2) is 79.8 Å². The molecule has 3 heterocycles. The molecule has 152 valence electrons. The van der Waals surface area contributed by atoms with Crippen LogP contribution in [0.15, 0.2) is 0 Å². The zero-order valence-corrected chi connectivity index (χ0v) is 16.1. The second kappa shape index (κ2) is 7.11. The number of carbonyl (C=O) groups excluding carboxylic acids is 2. The second-order valence-corrected chi connectivity index (χ2v) is 8.65. The van der Waals surface area contributed by atoms with Crippen LogP contribution >= 0.6 is 0 Å². The van der Waals surface area contributed by atoms with E-state index in [0.717, 1.165) is 31.8 Å². The fraction of sp³-hybridized carbons (Fsp3) is 0.789. The van der Waals surface area contributed by atoms with Crippen molar-refractivity contribution in [2.24, 2.45) is 5.92 Å². The minimum Gasteiger partial charge on any atom is -0.393 e. The number of fused-ring (bicyclic) bond motifs is 3. The molecule has 0 aromatic carbocycles. The maximum absolute atomic E-state index is 12.7. The van der Waals surface area contributed by atoms with Gasteiger partial charge in [-0.25, -0.2) is 0 Å². The van der Waals surface area contributed by atoms with E-state index in [-0.39, 0.29) is 35.9 Å². The molecule has 1 atom stereocenters. The third-order valence-electron chi connectivity index (χ3n) is 6.85. The van der Waals surface area contributed by atoms with Gasteiger partial charge < -0.3 is 19.9 Å². The Balaban J connectivity index is 1.31. The third-order valence-corrected chi connectivity index (χ3v) is 6.85. The van der Waals surface area contributed by atoms with Gasteiger partial charge in [0.1, 0.15) is 0 Å². The van der Waals surface area contributed by atoms with Gasteiger partial charge >= 0.3 is 0 Å². The van der Waals surface area contributed by atoms with Crippen LogP contribution in [0.4, 0.5) is 0 Å². The predicted octanol–water partition coefficient (Wildman–Crippen LogP) is -0.0797. The first kappa shape index (κ1) is 18.1. The average molecular weight is 388 g/mol. The molecule has 1 aromatic rings. The van der Waals surface area contributed by atoms with Crippen LogP contribution in [-0.2, 0) is 11.3 Å². The Morgan fingerprint density at radius 2 is 1.79 bits per heavy atom. The van der Waals surface area contributed by atoms with Crippen LogP contribution in [0.3, 0.4) is 0 Å². The van der Waals surface area contributed by atoms with E-state index < -0.39 is 0 Å². The monoisotopic (exact) mass is 388 g/mol. The van der Waals surface area contributed by atoms with E-state index in [4.69, 9.17) is 0 Å². The maximum atomic E-state index is 12.7. The minimum absolute atomic E-state index is 0.0167. The molecule has 9 heteroatoms. The predicted molar refractivity (Wildman–Crippen MR) is 99.4 cm³/mol.